The van der Waals surface area contributed by atoms with Gasteiger partial charge in [-0.2, -0.15) is 9.40 Å². The van der Waals surface area contributed by atoms with E-state index in [9.17, 15) is 13.2 Å². The van der Waals surface area contributed by atoms with Crippen LogP contribution in [0.4, 0.5) is 5.69 Å². The maximum Gasteiger partial charge on any atom is 0.253 e. The lowest BCUT2D eigenvalue weighted by Gasteiger charge is -2.27. The lowest BCUT2D eigenvalue weighted by atomic mass is 10.1. The first-order valence-electron chi connectivity index (χ1n) is 12.3. The van der Waals surface area contributed by atoms with Crippen LogP contribution >= 0.6 is 0 Å². The van der Waals surface area contributed by atoms with Crippen molar-refractivity contribution in [3.8, 4) is 5.69 Å². The van der Waals surface area contributed by atoms with Crippen molar-refractivity contribution in [3.63, 3.8) is 0 Å². The lowest BCUT2D eigenvalue weighted by Crippen LogP contribution is -2.36. The number of nitrogens with zero attached hydrogens (tertiary/aromatic N) is 4. The molecule has 5 rings (SSSR count). The largest absolute Gasteiger partial charge is 0.371 e. The molecule has 0 bridgehead atoms. The molecule has 0 spiro atoms. The second-order valence-corrected chi connectivity index (χ2v) is 11.1. The highest BCUT2D eigenvalue weighted by molar-refractivity contribution is 7.89. The summed E-state index contributed by atoms with van der Waals surface area (Å²) in [6.07, 6.45) is 8.53. The molecule has 2 aromatic carbocycles. The van der Waals surface area contributed by atoms with Gasteiger partial charge < -0.3 is 10.2 Å². The molecule has 8 nitrogen and oxygen atoms in total. The third kappa shape index (κ3) is 5.11. The monoisotopic (exact) mass is 493 g/mol. The van der Waals surface area contributed by atoms with E-state index >= 15 is 0 Å². The average Bonchev–Trinajstić information content (AvgIpc) is 3.61. The number of anilines is 1. The number of rotatable bonds is 7. The molecular formula is C26H31N5O3S. The summed E-state index contributed by atoms with van der Waals surface area (Å²) in [5.41, 5.74) is 3.00. The Morgan fingerprint density at radius 3 is 2.37 bits per heavy atom. The third-order valence-electron chi connectivity index (χ3n) is 6.72. The van der Waals surface area contributed by atoms with Gasteiger partial charge in [-0.1, -0.05) is 24.6 Å². The van der Waals surface area contributed by atoms with Crippen LogP contribution in [0.25, 0.3) is 5.69 Å². The van der Waals surface area contributed by atoms with E-state index in [0.29, 0.717) is 25.2 Å². The van der Waals surface area contributed by atoms with E-state index in [4.69, 9.17) is 0 Å². The number of carbonyl (C=O) groups is 1. The zero-order chi connectivity index (χ0) is 24.3. The van der Waals surface area contributed by atoms with Gasteiger partial charge in [-0.3, -0.25) is 4.79 Å². The van der Waals surface area contributed by atoms with Gasteiger partial charge >= 0.3 is 0 Å². The highest BCUT2D eigenvalue weighted by atomic mass is 32.2. The number of sulfonamides is 1. The Bertz CT molecular complexity index is 1280. The number of hydrogen-bond donors (Lipinski definition) is 1. The Morgan fingerprint density at radius 1 is 0.914 bits per heavy atom. The van der Waals surface area contributed by atoms with Gasteiger partial charge in [0.1, 0.15) is 0 Å². The summed E-state index contributed by atoms with van der Waals surface area (Å²) in [5.74, 6) is -0.282. The van der Waals surface area contributed by atoms with Gasteiger partial charge in [-0.05, 0) is 56.0 Å². The zero-order valence-electron chi connectivity index (χ0n) is 19.8. The number of hydrogen-bond acceptors (Lipinski definition) is 5. The number of carbonyl (C=O) groups excluding carboxylic acids is 1. The van der Waals surface area contributed by atoms with E-state index in [0.717, 1.165) is 62.1 Å². The normalized spacial score (nSPS) is 17.0. The number of amides is 1. The van der Waals surface area contributed by atoms with E-state index in [-0.39, 0.29) is 10.8 Å². The molecule has 2 aliphatic rings. The maximum atomic E-state index is 13.4. The number of para-hydroxylation sites is 1. The van der Waals surface area contributed by atoms with E-state index in [1.165, 1.54) is 0 Å². The maximum absolute atomic E-state index is 13.4. The van der Waals surface area contributed by atoms with Crippen LogP contribution in [0.1, 0.15) is 48.0 Å². The smallest absolute Gasteiger partial charge is 0.253 e. The van der Waals surface area contributed by atoms with E-state index in [2.05, 4.69) is 15.3 Å². The van der Waals surface area contributed by atoms with Crippen molar-refractivity contribution in [2.45, 2.75) is 43.5 Å². The molecule has 0 saturated carbocycles. The Morgan fingerprint density at radius 2 is 1.63 bits per heavy atom. The van der Waals surface area contributed by atoms with Gasteiger partial charge in [0.05, 0.1) is 22.3 Å². The summed E-state index contributed by atoms with van der Waals surface area (Å²) in [7, 11) is -3.63. The predicted octanol–water partition coefficient (Wildman–Crippen LogP) is 3.58. The van der Waals surface area contributed by atoms with Gasteiger partial charge in [0.15, 0.2) is 0 Å². The van der Waals surface area contributed by atoms with E-state index in [1.807, 2.05) is 36.5 Å². The standard InChI is InChI=1S/C26H31N5O3S/c32-26(27-18-21-19-28-31(20-21)22-9-3-1-4-10-22)24-17-23(11-12-25(24)29-13-7-8-14-29)35(33,34)30-15-5-2-6-16-30/h1,3-4,9-12,17,19-20H,2,5-8,13-16,18H2,(H,27,32). The minimum absolute atomic E-state index is 0.185. The Hall–Kier alpha value is -3.17. The third-order valence-corrected chi connectivity index (χ3v) is 8.62. The first kappa shape index (κ1) is 23.6. The Balaban J connectivity index is 1.38. The van der Waals surface area contributed by atoms with Crippen LogP contribution in [-0.4, -0.2) is 54.6 Å². The van der Waals surface area contributed by atoms with Crippen molar-refractivity contribution in [1.82, 2.24) is 19.4 Å². The first-order valence-corrected chi connectivity index (χ1v) is 13.7. The summed E-state index contributed by atoms with van der Waals surface area (Å²) in [5, 5.41) is 7.36. The highest BCUT2D eigenvalue weighted by Crippen LogP contribution is 2.29. The Kier molecular flexibility index (Phi) is 6.88. The fourth-order valence-electron chi connectivity index (χ4n) is 4.80. The van der Waals surface area contributed by atoms with Gasteiger partial charge in [0.25, 0.3) is 5.91 Å². The van der Waals surface area contributed by atoms with E-state index in [1.54, 1.807) is 33.4 Å². The molecule has 3 aromatic rings. The molecule has 1 amide bonds. The van der Waals surface area contributed by atoms with Crippen molar-refractivity contribution in [3.05, 3.63) is 72.1 Å². The fraction of sp³-hybridized carbons (Fsp3) is 0.385. The minimum Gasteiger partial charge on any atom is -0.371 e. The predicted molar refractivity (Wildman–Crippen MR) is 135 cm³/mol. The zero-order valence-corrected chi connectivity index (χ0v) is 20.6. The molecule has 0 unspecified atom stereocenters. The van der Waals surface area contributed by atoms with Crippen molar-refractivity contribution in [1.29, 1.82) is 0 Å². The minimum atomic E-state index is -3.63. The van der Waals surface area contributed by atoms with Crippen LogP contribution in [0.15, 0.2) is 65.8 Å². The molecule has 35 heavy (non-hydrogen) atoms. The summed E-state index contributed by atoms with van der Waals surface area (Å²) in [6, 6.07) is 14.8. The highest BCUT2D eigenvalue weighted by Gasteiger charge is 2.28. The molecule has 2 aliphatic heterocycles. The average molecular weight is 494 g/mol. The summed E-state index contributed by atoms with van der Waals surface area (Å²) in [6.45, 7) is 3.09. The molecule has 2 fully saturated rings. The van der Waals surface area contributed by atoms with Gasteiger partial charge in [0.2, 0.25) is 10.0 Å². The van der Waals surface area contributed by atoms with Gasteiger partial charge in [0, 0.05) is 50.2 Å². The topological polar surface area (TPSA) is 87.5 Å². The van der Waals surface area contributed by atoms with Gasteiger partial charge in [-0.25, -0.2) is 13.1 Å². The molecule has 1 aromatic heterocycles. The molecule has 2 saturated heterocycles. The number of nitrogens with one attached hydrogen (secondary N) is 1. The quantitative estimate of drug-likeness (QED) is 0.544. The van der Waals surface area contributed by atoms with Gasteiger partial charge in [-0.15, -0.1) is 0 Å². The molecule has 0 atom stereocenters. The molecule has 1 N–H and O–H groups in total. The second kappa shape index (κ2) is 10.2. The van der Waals surface area contributed by atoms with Crippen LogP contribution < -0.4 is 10.2 Å². The SMILES string of the molecule is O=C(NCc1cnn(-c2ccccc2)c1)c1cc(S(=O)(=O)N2CCCCC2)ccc1N1CCCC1. The summed E-state index contributed by atoms with van der Waals surface area (Å²) in [4.78, 5) is 15.7. The van der Waals surface area contributed by atoms with Crippen LogP contribution in [0.3, 0.4) is 0 Å². The van der Waals surface area contributed by atoms with E-state index < -0.39 is 10.0 Å². The lowest BCUT2D eigenvalue weighted by molar-refractivity contribution is 0.0951. The number of aromatic nitrogens is 2. The molecule has 184 valence electrons. The number of benzene rings is 2. The molecular weight excluding hydrogens is 462 g/mol. The molecule has 3 heterocycles. The van der Waals surface area contributed by atoms with Crippen molar-refractivity contribution < 1.29 is 13.2 Å². The number of piperidine rings is 1. The van der Waals surface area contributed by atoms with Crippen LogP contribution in [0.2, 0.25) is 0 Å². The van der Waals surface area contributed by atoms with Crippen LogP contribution in [-0.2, 0) is 16.6 Å². The van der Waals surface area contributed by atoms with Crippen LogP contribution in [0.5, 0.6) is 0 Å². The van der Waals surface area contributed by atoms with Crippen LogP contribution in [0, 0.1) is 0 Å². The first-order chi connectivity index (χ1) is 17.0. The second-order valence-electron chi connectivity index (χ2n) is 9.15. The van der Waals surface area contributed by atoms with Crippen molar-refractivity contribution >= 4 is 21.6 Å². The van der Waals surface area contributed by atoms with Crippen molar-refractivity contribution in [2.75, 3.05) is 31.1 Å². The Labute approximate surface area is 206 Å². The fourth-order valence-corrected chi connectivity index (χ4v) is 6.34. The van der Waals surface area contributed by atoms with Crippen molar-refractivity contribution in [2.24, 2.45) is 0 Å². The molecule has 9 heteroatoms. The molecule has 0 aliphatic carbocycles. The summed E-state index contributed by atoms with van der Waals surface area (Å²) < 4.78 is 29.9. The molecule has 0 radical (unpaired) electrons. The summed E-state index contributed by atoms with van der Waals surface area (Å²) >= 11 is 0.